The van der Waals surface area contributed by atoms with Crippen LogP contribution in [-0.4, -0.2) is 28.4 Å². The minimum atomic E-state index is -0.938. The third-order valence-electron chi connectivity index (χ3n) is 7.02. The van der Waals surface area contributed by atoms with E-state index >= 15 is 0 Å². The molecule has 7 heteroatoms. The molecule has 1 aliphatic heterocycles. The van der Waals surface area contributed by atoms with Crippen LogP contribution in [-0.2, 0) is 15.0 Å². The Balaban J connectivity index is 1.53. The van der Waals surface area contributed by atoms with Gasteiger partial charge in [-0.15, -0.1) is 0 Å². The summed E-state index contributed by atoms with van der Waals surface area (Å²) in [6.45, 7) is 2.33. The Hall–Kier alpha value is -3.61. The molecule has 0 radical (unpaired) electrons. The number of piperidine rings is 1. The number of carboxylic acids is 1. The fraction of sp³-hybridized carbons (Fsp3) is 0.286. The summed E-state index contributed by atoms with van der Waals surface area (Å²) >= 11 is 0. The molecule has 1 N–H and O–H groups in total. The number of carboxylic acid groups (broad SMARTS) is 1. The smallest absolute Gasteiger partial charge is 0.303 e. The number of carbonyl (C=O) groups is 2. The van der Waals surface area contributed by atoms with Crippen LogP contribution in [0.15, 0.2) is 66.7 Å². The Morgan fingerprint density at radius 2 is 1.66 bits per heavy atom. The number of likely N-dealkylation sites (tertiary alicyclic amines) is 1. The van der Waals surface area contributed by atoms with Gasteiger partial charge in [0.2, 0.25) is 5.91 Å². The highest BCUT2D eigenvalue weighted by atomic mass is 19.1. The first kappa shape index (κ1) is 24.5. The van der Waals surface area contributed by atoms with Gasteiger partial charge in [0, 0.05) is 36.4 Å². The van der Waals surface area contributed by atoms with Gasteiger partial charge in [-0.25, -0.2) is 13.2 Å². The van der Waals surface area contributed by atoms with Crippen LogP contribution in [0.4, 0.5) is 13.2 Å². The molecule has 1 saturated heterocycles. The van der Waals surface area contributed by atoms with Gasteiger partial charge in [0.15, 0.2) is 0 Å². The summed E-state index contributed by atoms with van der Waals surface area (Å²) in [4.78, 5) is 26.3. The van der Waals surface area contributed by atoms with E-state index in [2.05, 4.69) is 0 Å². The van der Waals surface area contributed by atoms with Crippen molar-refractivity contribution in [2.75, 3.05) is 6.54 Å². The Morgan fingerprint density at radius 3 is 2.26 bits per heavy atom. The number of hydrogen-bond acceptors (Lipinski definition) is 2. The molecule has 0 bridgehead atoms. The van der Waals surface area contributed by atoms with E-state index in [4.69, 9.17) is 0 Å². The first-order chi connectivity index (χ1) is 16.7. The van der Waals surface area contributed by atoms with Crippen molar-refractivity contribution in [1.82, 2.24) is 4.90 Å². The molecule has 0 saturated carbocycles. The number of benzene rings is 3. The average Bonchev–Trinajstić information content (AvgIpc) is 2.83. The molecule has 1 fully saturated rings. The number of hydrogen-bond donors (Lipinski definition) is 1. The molecule has 1 amide bonds. The minimum Gasteiger partial charge on any atom is -0.481 e. The lowest BCUT2D eigenvalue weighted by Gasteiger charge is -2.44. The standard InChI is InChI=1S/C28H26F3NO3/c1-18(19-2-4-20(5-3-19)24-11-10-23(30)16-25(24)31)32-15-14-28(17-26(32)33,13-12-27(34)35)21-6-8-22(29)9-7-21/h2-11,16,18H,12-15,17H2,1H3,(H,34,35)/t18-,28?/m0/s1. The third kappa shape index (κ3) is 5.24. The van der Waals surface area contributed by atoms with Crippen molar-refractivity contribution in [3.63, 3.8) is 0 Å². The Morgan fingerprint density at radius 1 is 1.00 bits per heavy atom. The molecule has 0 aromatic heterocycles. The summed E-state index contributed by atoms with van der Waals surface area (Å²) < 4.78 is 40.9. The van der Waals surface area contributed by atoms with Crippen molar-refractivity contribution >= 4 is 11.9 Å². The van der Waals surface area contributed by atoms with Gasteiger partial charge < -0.3 is 10.0 Å². The molecule has 0 aliphatic carbocycles. The number of nitrogens with zero attached hydrogens (tertiary/aromatic N) is 1. The van der Waals surface area contributed by atoms with Crippen LogP contribution in [0.25, 0.3) is 11.1 Å². The van der Waals surface area contributed by atoms with Crippen molar-refractivity contribution in [3.8, 4) is 11.1 Å². The zero-order chi connectivity index (χ0) is 25.2. The number of carbonyl (C=O) groups excluding carboxylic acids is 1. The zero-order valence-corrected chi connectivity index (χ0v) is 19.3. The van der Waals surface area contributed by atoms with E-state index in [9.17, 15) is 27.9 Å². The first-order valence-corrected chi connectivity index (χ1v) is 11.5. The molecule has 182 valence electrons. The second-order valence-electron chi connectivity index (χ2n) is 9.12. The summed E-state index contributed by atoms with van der Waals surface area (Å²) in [5.41, 5.74) is 1.87. The fourth-order valence-electron chi connectivity index (χ4n) is 4.95. The highest BCUT2D eigenvalue weighted by molar-refractivity contribution is 5.80. The number of rotatable bonds is 7. The van der Waals surface area contributed by atoms with Crippen LogP contribution in [0.5, 0.6) is 0 Å². The molecule has 2 atom stereocenters. The molecule has 3 aromatic rings. The Labute approximate surface area is 202 Å². The van der Waals surface area contributed by atoms with E-state index in [1.54, 1.807) is 29.2 Å². The van der Waals surface area contributed by atoms with Crippen molar-refractivity contribution in [3.05, 3.63) is 95.3 Å². The van der Waals surface area contributed by atoms with Crippen LogP contribution in [0.1, 0.15) is 49.8 Å². The van der Waals surface area contributed by atoms with E-state index in [1.807, 2.05) is 19.1 Å². The maximum Gasteiger partial charge on any atom is 0.303 e. The van der Waals surface area contributed by atoms with Crippen molar-refractivity contribution in [2.45, 2.75) is 44.1 Å². The van der Waals surface area contributed by atoms with Gasteiger partial charge in [0.05, 0.1) is 6.04 Å². The molecular weight excluding hydrogens is 455 g/mol. The minimum absolute atomic E-state index is 0.0817. The SMILES string of the molecule is C[C@@H](c1ccc(-c2ccc(F)cc2F)cc1)N1CCC(CCC(=O)O)(c2ccc(F)cc2)CC1=O. The third-order valence-corrected chi connectivity index (χ3v) is 7.02. The molecule has 4 rings (SSSR count). The molecule has 3 aromatic carbocycles. The average molecular weight is 482 g/mol. The van der Waals surface area contributed by atoms with Crippen LogP contribution in [0, 0.1) is 17.5 Å². The largest absolute Gasteiger partial charge is 0.481 e. The lowest BCUT2D eigenvalue weighted by Crippen LogP contribution is -2.47. The monoisotopic (exact) mass is 481 g/mol. The molecule has 1 unspecified atom stereocenters. The van der Waals surface area contributed by atoms with Crippen LogP contribution in [0.2, 0.25) is 0 Å². The van der Waals surface area contributed by atoms with Crippen molar-refractivity contribution in [1.29, 1.82) is 0 Å². The van der Waals surface area contributed by atoms with Gasteiger partial charge in [-0.05, 0) is 60.7 Å². The topological polar surface area (TPSA) is 57.6 Å². The van der Waals surface area contributed by atoms with Gasteiger partial charge in [-0.1, -0.05) is 36.4 Å². The second-order valence-corrected chi connectivity index (χ2v) is 9.12. The zero-order valence-electron chi connectivity index (χ0n) is 19.3. The predicted molar refractivity (Wildman–Crippen MR) is 126 cm³/mol. The second kappa shape index (κ2) is 9.94. The number of aliphatic carboxylic acids is 1. The van der Waals surface area contributed by atoms with E-state index in [0.29, 0.717) is 30.5 Å². The summed E-state index contributed by atoms with van der Waals surface area (Å²) in [7, 11) is 0. The van der Waals surface area contributed by atoms with Crippen LogP contribution in [0.3, 0.4) is 0 Å². The summed E-state index contributed by atoms with van der Waals surface area (Å²) in [6, 6.07) is 16.3. The van der Waals surface area contributed by atoms with Crippen LogP contribution >= 0.6 is 0 Å². The van der Waals surface area contributed by atoms with E-state index in [-0.39, 0.29) is 30.6 Å². The summed E-state index contributed by atoms with van der Waals surface area (Å²) in [5, 5.41) is 9.24. The fourth-order valence-corrected chi connectivity index (χ4v) is 4.95. The van der Waals surface area contributed by atoms with Gasteiger partial charge in [0.25, 0.3) is 0 Å². The number of amides is 1. The van der Waals surface area contributed by atoms with Gasteiger partial charge in [-0.2, -0.15) is 0 Å². The van der Waals surface area contributed by atoms with Crippen LogP contribution < -0.4 is 0 Å². The normalized spacial score (nSPS) is 19.0. The van der Waals surface area contributed by atoms with Gasteiger partial charge in [-0.3, -0.25) is 9.59 Å². The summed E-state index contributed by atoms with van der Waals surface area (Å²) in [6.07, 6.45) is 0.900. The summed E-state index contributed by atoms with van der Waals surface area (Å²) in [5.74, 6) is -2.71. The maximum atomic E-state index is 14.1. The highest BCUT2D eigenvalue weighted by Gasteiger charge is 2.41. The molecule has 35 heavy (non-hydrogen) atoms. The quantitative estimate of drug-likeness (QED) is 0.434. The Bertz CT molecular complexity index is 1230. The molecule has 4 nitrogen and oxygen atoms in total. The maximum absolute atomic E-state index is 14.1. The van der Waals surface area contributed by atoms with Crippen molar-refractivity contribution in [2.24, 2.45) is 0 Å². The van der Waals surface area contributed by atoms with Crippen molar-refractivity contribution < 1.29 is 27.9 Å². The molecule has 1 heterocycles. The molecule has 1 aliphatic rings. The van der Waals surface area contributed by atoms with Gasteiger partial charge >= 0.3 is 5.97 Å². The van der Waals surface area contributed by atoms with E-state index in [0.717, 1.165) is 17.2 Å². The lowest BCUT2D eigenvalue weighted by molar-refractivity contribution is -0.141. The lowest BCUT2D eigenvalue weighted by atomic mass is 9.69. The molecule has 0 spiro atoms. The van der Waals surface area contributed by atoms with E-state index in [1.165, 1.54) is 24.3 Å². The molecular formula is C28H26F3NO3. The number of halogens is 3. The first-order valence-electron chi connectivity index (χ1n) is 11.5. The Kier molecular flexibility index (Phi) is 6.96. The van der Waals surface area contributed by atoms with E-state index < -0.39 is 23.0 Å². The van der Waals surface area contributed by atoms with Gasteiger partial charge in [0.1, 0.15) is 17.5 Å². The predicted octanol–water partition coefficient (Wildman–Crippen LogP) is 6.26. The highest BCUT2D eigenvalue weighted by Crippen LogP contribution is 2.42.